The van der Waals surface area contributed by atoms with E-state index in [-0.39, 0.29) is 0 Å². The summed E-state index contributed by atoms with van der Waals surface area (Å²) in [6.45, 7) is 0. The van der Waals surface area contributed by atoms with E-state index in [1.807, 2.05) is 22.8 Å². The molecule has 0 fully saturated rings. The number of halogens is 1. The minimum absolute atomic E-state index is 1.12. The van der Waals surface area contributed by atoms with Crippen molar-refractivity contribution in [2.75, 3.05) is 5.75 Å². The highest BCUT2D eigenvalue weighted by Gasteiger charge is 1.89. The minimum Gasteiger partial charge on any atom is -0.126 e. The molecule has 0 saturated heterocycles. The fourth-order valence-corrected chi connectivity index (χ4v) is 1.93. The molecular formula is C10H11BrS. The second kappa shape index (κ2) is 6.32. The monoisotopic (exact) mass is 242 g/mol. The van der Waals surface area contributed by atoms with Crippen LogP contribution >= 0.6 is 27.7 Å². The van der Waals surface area contributed by atoms with Crippen LogP contribution in [0.3, 0.4) is 0 Å². The largest absolute Gasteiger partial charge is 0.126 e. The van der Waals surface area contributed by atoms with Crippen molar-refractivity contribution in [3.63, 3.8) is 0 Å². The Morgan fingerprint density at radius 3 is 2.67 bits per heavy atom. The van der Waals surface area contributed by atoms with Crippen molar-refractivity contribution in [2.24, 2.45) is 0 Å². The quantitative estimate of drug-likeness (QED) is 0.567. The molecule has 0 amide bonds. The molecule has 0 bridgehead atoms. The Balaban J connectivity index is 2.24. The molecule has 0 saturated carbocycles. The average molecular weight is 243 g/mol. The predicted octanol–water partition coefficient (Wildman–Crippen LogP) is 4.08. The Kier molecular flexibility index (Phi) is 5.20. The lowest BCUT2D eigenvalue weighted by molar-refractivity contribution is 1.24. The van der Waals surface area contributed by atoms with E-state index in [9.17, 15) is 0 Å². The number of hydrogen-bond acceptors (Lipinski definition) is 1. The summed E-state index contributed by atoms with van der Waals surface area (Å²) in [5.74, 6) is 1.14. The fourth-order valence-electron chi connectivity index (χ4n) is 0.825. The van der Waals surface area contributed by atoms with Crippen LogP contribution < -0.4 is 0 Å². The van der Waals surface area contributed by atoms with Gasteiger partial charge in [0.1, 0.15) is 0 Å². The average Bonchev–Trinajstić information content (AvgIpc) is 2.14. The fraction of sp³-hybridized carbons (Fsp3) is 0.200. The maximum atomic E-state index is 3.25. The molecule has 0 nitrogen and oxygen atoms in total. The second-order valence-electron chi connectivity index (χ2n) is 2.31. The van der Waals surface area contributed by atoms with Crippen LogP contribution in [0.5, 0.6) is 0 Å². The molecule has 1 rings (SSSR count). The number of hydrogen-bond donors (Lipinski definition) is 0. The van der Waals surface area contributed by atoms with Gasteiger partial charge in [0.15, 0.2) is 0 Å². The molecule has 0 heterocycles. The van der Waals surface area contributed by atoms with Gasteiger partial charge in [0.05, 0.1) is 0 Å². The van der Waals surface area contributed by atoms with Crippen molar-refractivity contribution in [1.82, 2.24) is 0 Å². The molecule has 1 aromatic carbocycles. The van der Waals surface area contributed by atoms with Crippen LogP contribution in [0, 0.1) is 0 Å². The van der Waals surface area contributed by atoms with E-state index < -0.39 is 0 Å². The third-order valence-corrected chi connectivity index (χ3v) is 2.80. The van der Waals surface area contributed by atoms with E-state index >= 15 is 0 Å². The van der Waals surface area contributed by atoms with Gasteiger partial charge in [-0.05, 0) is 23.5 Å². The third-order valence-electron chi connectivity index (χ3n) is 1.39. The lowest BCUT2D eigenvalue weighted by atomic mass is 10.4. The summed E-state index contributed by atoms with van der Waals surface area (Å²) in [7, 11) is 0. The van der Waals surface area contributed by atoms with E-state index in [2.05, 4.69) is 46.3 Å². The summed E-state index contributed by atoms with van der Waals surface area (Å²) >= 11 is 5.13. The predicted molar refractivity (Wildman–Crippen MR) is 59.9 cm³/mol. The molecule has 64 valence electrons. The Morgan fingerprint density at radius 2 is 2.00 bits per heavy atom. The van der Waals surface area contributed by atoms with Gasteiger partial charge in [-0.25, -0.2) is 0 Å². The van der Waals surface area contributed by atoms with Gasteiger partial charge in [0.2, 0.25) is 0 Å². The van der Waals surface area contributed by atoms with Gasteiger partial charge in [-0.15, -0.1) is 11.8 Å². The van der Waals surface area contributed by atoms with Gasteiger partial charge in [0, 0.05) is 10.6 Å². The first-order valence-corrected chi connectivity index (χ1v) is 5.76. The number of benzene rings is 1. The molecule has 0 aromatic heterocycles. The van der Waals surface area contributed by atoms with E-state index in [0.29, 0.717) is 0 Å². The van der Waals surface area contributed by atoms with Gasteiger partial charge in [-0.1, -0.05) is 40.2 Å². The summed E-state index contributed by atoms with van der Waals surface area (Å²) in [5.41, 5.74) is 0. The summed E-state index contributed by atoms with van der Waals surface area (Å²) < 4.78 is 0. The van der Waals surface area contributed by atoms with Crippen molar-refractivity contribution in [3.05, 3.63) is 41.4 Å². The Morgan fingerprint density at radius 1 is 1.25 bits per heavy atom. The molecule has 0 N–H and O–H groups in total. The van der Waals surface area contributed by atoms with Crippen LogP contribution in [0.15, 0.2) is 46.3 Å². The Bertz CT molecular complexity index is 231. The number of rotatable bonds is 4. The van der Waals surface area contributed by atoms with Crippen molar-refractivity contribution in [1.29, 1.82) is 0 Å². The first kappa shape index (κ1) is 9.87. The van der Waals surface area contributed by atoms with Gasteiger partial charge >= 0.3 is 0 Å². The smallest absolute Gasteiger partial charge is 0.00720 e. The maximum Gasteiger partial charge on any atom is 0.00720 e. The van der Waals surface area contributed by atoms with Crippen LogP contribution in [-0.4, -0.2) is 5.75 Å². The number of thioether (sulfide) groups is 1. The van der Waals surface area contributed by atoms with E-state index in [1.165, 1.54) is 4.90 Å². The van der Waals surface area contributed by atoms with Crippen molar-refractivity contribution < 1.29 is 0 Å². The standard InChI is InChI=1S/C10H11BrS/c11-8-4-5-9-12-10-6-2-1-3-7-10/h1-4,6-8H,5,9H2/b8-4+. The molecule has 0 radical (unpaired) electrons. The SMILES string of the molecule is Br/C=C/CCSc1ccccc1. The van der Waals surface area contributed by atoms with Gasteiger partial charge in [-0.2, -0.15) is 0 Å². The van der Waals surface area contributed by atoms with Gasteiger partial charge < -0.3 is 0 Å². The topological polar surface area (TPSA) is 0 Å². The zero-order valence-corrected chi connectivity index (χ0v) is 9.14. The third kappa shape index (κ3) is 3.98. The lowest BCUT2D eigenvalue weighted by Gasteiger charge is -1.97. The molecule has 0 aliphatic heterocycles. The second-order valence-corrected chi connectivity index (χ2v) is 4.01. The molecule has 2 heteroatoms. The highest BCUT2D eigenvalue weighted by Crippen LogP contribution is 2.17. The van der Waals surface area contributed by atoms with Crippen LogP contribution in [0.2, 0.25) is 0 Å². The highest BCUT2D eigenvalue weighted by atomic mass is 79.9. The first-order chi connectivity index (χ1) is 5.93. The molecule has 0 aliphatic carbocycles. The van der Waals surface area contributed by atoms with Crippen LogP contribution in [0.1, 0.15) is 6.42 Å². The maximum absolute atomic E-state index is 3.25. The molecule has 0 aliphatic rings. The molecule has 0 unspecified atom stereocenters. The summed E-state index contributed by atoms with van der Waals surface area (Å²) in [6.07, 6.45) is 3.24. The molecule has 0 atom stereocenters. The van der Waals surface area contributed by atoms with E-state index in [4.69, 9.17) is 0 Å². The summed E-state index contributed by atoms with van der Waals surface area (Å²) in [6, 6.07) is 10.5. The van der Waals surface area contributed by atoms with Crippen LogP contribution in [0.4, 0.5) is 0 Å². The first-order valence-electron chi connectivity index (χ1n) is 3.86. The normalized spacial score (nSPS) is 10.8. The summed E-state index contributed by atoms with van der Waals surface area (Å²) in [4.78, 5) is 3.26. The molecule has 12 heavy (non-hydrogen) atoms. The Hall–Kier alpha value is -0.210. The zero-order chi connectivity index (χ0) is 8.65. The zero-order valence-electron chi connectivity index (χ0n) is 6.74. The van der Waals surface area contributed by atoms with Crippen molar-refractivity contribution in [2.45, 2.75) is 11.3 Å². The van der Waals surface area contributed by atoms with Crippen molar-refractivity contribution in [3.8, 4) is 0 Å². The van der Waals surface area contributed by atoms with Crippen LogP contribution in [-0.2, 0) is 0 Å². The van der Waals surface area contributed by atoms with E-state index in [0.717, 1.165) is 12.2 Å². The van der Waals surface area contributed by atoms with Gasteiger partial charge in [0.25, 0.3) is 0 Å². The molecular weight excluding hydrogens is 232 g/mol. The highest BCUT2D eigenvalue weighted by molar-refractivity contribution is 9.11. The van der Waals surface area contributed by atoms with Crippen LogP contribution in [0.25, 0.3) is 0 Å². The Labute approximate surface area is 86.2 Å². The molecule has 0 spiro atoms. The van der Waals surface area contributed by atoms with E-state index in [1.54, 1.807) is 0 Å². The van der Waals surface area contributed by atoms with Gasteiger partial charge in [-0.3, -0.25) is 0 Å². The molecule has 1 aromatic rings. The lowest BCUT2D eigenvalue weighted by Crippen LogP contribution is -1.75. The van der Waals surface area contributed by atoms with Crippen molar-refractivity contribution >= 4 is 27.7 Å². The number of allylic oxidation sites excluding steroid dienone is 1. The minimum atomic E-state index is 1.12. The summed E-state index contributed by atoms with van der Waals surface area (Å²) in [5, 5.41) is 0.